The first-order valence-electron chi connectivity index (χ1n) is 6.46. The van der Waals surface area contributed by atoms with Crippen LogP contribution in [0.4, 0.5) is 18.9 Å². The van der Waals surface area contributed by atoms with Gasteiger partial charge in [0.25, 0.3) is 5.91 Å². The second-order valence-electron chi connectivity index (χ2n) is 4.65. The Balaban J connectivity index is 2.21. The van der Waals surface area contributed by atoms with Crippen molar-refractivity contribution in [3.8, 4) is 6.07 Å². The summed E-state index contributed by atoms with van der Waals surface area (Å²) < 4.78 is 43.1. The van der Waals surface area contributed by atoms with Crippen molar-refractivity contribution < 1.29 is 22.4 Å². The minimum atomic E-state index is -4.51. The molecule has 1 amide bonds. The number of rotatable bonds is 3. The highest BCUT2D eigenvalue weighted by atomic mass is 19.4. The zero-order valence-electron chi connectivity index (χ0n) is 11.9. The van der Waals surface area contributed by atoms with E-state index in [2.05, 4.69) is 5.32 Å². The van der Waals surface area contributed by atoms with Crippen molar-refractivity contribution in [1.29, 1.82) is 5.26 Å². The lowest BCUT2D eigenvalue weighted by Crippen LogP contribution is -2.14. The largest absolute Gasteiger partial charge is 0.462 e. The molecule has 0 saturated carbocycles. The molecular weight excluding hydrogens is 309 g/mol. The zero-order chi connectivity index (χ0) is 17.0. The monoisotopic (exact) mass is 320 g/mol. The van der Waals surface area contributed by atoms with Crippen LogP contribution < -0.4 is 5.32 Å². The fourth-order valence-corrected chi connectivity index (χ4v) is 1.79. The Hall–Kier alpha value is -3.01. The molecule has 0 aliphatic carbocycles. The average Bonchev–Trinajstić information content (AvgIpc) is 2.89. The Kier molecular flexibility index (Phi) is 4.55. The smallest absolute Gasteiger partial charge is 0.416 e. The van der Waals surface area contributed by atoms with Gasteiger partial charge in [0.1, 0.15) is 23.2 Å². The number of alkyl halides is 3. The third-order valence-corrected chi connectivity index (χ3v) is 2.86. The standard InChI is InChI=1S/C16H11F3N2O2/c1-10-5-6-14(23-10)7-11(9-20)15(22)21-13-4-2-3-12(8-13)16(17,18)19/h2-8H,1H3,(H,21,22). The molecule has 2 aromatic rings. The van der Waals surface area contributed by atoms with Crippen LogP contribution in [-0.4, -0.2) is 5.91 Å². The summed E-state index contributed by atoms with van der Waals surface area (Å²) in [7, 11) is 0. The molecule has 0 aliphatic rings. The number of nitrogens with one attached hydrogen (secondary N) is 1. The van der Waals surface area contributed by atoms with E-state index in [4.69, 9.17) is 9.68 Å². The number of aryl methyl sites for hydroxylation is 1. The van der Waals surface area contributed by atoms with Crippen LogP contribution in [-0.2, 0) is 11.0 Å². The van der Waals surface area contributed by atoms with Gasteiger partial charge in [-0.2, -0.15) is 18.4 Å². The Morgan fingerprint density at radius 2 is 2.04 bits per heavy atom. The lowest BCUT2D eigenvalue weighted by atomic mass is 10.1. The Morgan fingerprint density at radius 3 is 2.61 bits per heavy atom. The Morgan fingerprint density at radius 1 is 1.30 bits per heavy atom. The van der Waals surface area contributed by atoms with Gasteiger partial charge in [0, 0.05) is 11.8 Å². The molecule has 0 spiro atoms. The number of nitrogens with zero attached hydrogens (tertiary/aromatic N) is 1. The van der Waals surface area contributed by atoms with E-state index in [1.54, 1.807) is 25.1 Å². The topological polar surface area (TPSA) is 66.0 Å². The van der Waals surface area contributed by atoms with Gasteiger partial charge in [0.05, 0.1) is 5.56 Å². The minimum Gasteiger partial charge on any atom is -0.462 e. The van der Waals surface area contributed by atoms with Crippen LogP contribution in [0.3, 0.4) is 0 Å². The Bertz CT molecular complexity index is 798. The normalized spacial score (nSPS) is 11.9. The van der Waals surface area contributed by atoms with E-state index in [1.807, 2.05) is 0 Å². The molecule has 0 atom stereocenters. The highest BCUT2D eigenvalue weighted by molar-refractivity contribution is 6.09. The van der Waals surface area contributed by atoms with Gasteiger partial charge in [-0.15, -0.1) is 0 Å². The first-order valence-corrected chi connectivity index (χ1v) is 6.46. The van der Waals surface area contributed by atoms with E-state index < -0.39 is 17.6 Å². The van der Waals surface area contributed by atoms with Gasteiger partial charge in [-0.05, 0) is 37.3 Å². The van der Waals surface area contributed by atoms with Crippen LogP contribution >= 0.6 is 0 Å². The number of halogens is 3. The fraction of sp³-hybridized carbons (Fsp3) is 0.125. The van der Waals surface area contributed by atoms with E-state index in [1.165, 1.54) is 18.2 Å². The summed E-state index contributed by atoms with van der Waals surface area (Å²) in [6.45, 7) is 1.70. The molecule has 0 bridgehead atoms. The van der Waals surface area contributed by atoms with E-state index in [0.717, 1.165) is 12.1 Å². The van der Waals surface area contributed by atoms with Crippen LogP contribution in [0.25, 0.3) is 6.08 Å². The quantitative estimate of drug-likeness (QED) is 0.682. The second-order valence-corrected chi connectivity index (χ2v) is 4.65. The summed E-state index contributed by atoms with van der Waals surface area (Å²) in [6.07, 6.45) is -3.30. The van der Waals surface area contributed by atoms with Crippen molar-refractivity contribution in [3.63, 3.8) is 0 Å². The van der Waals surface area contributed by atoms with Gasteiger partial charge < -0.3 is 9.73 Å². The molecule has 118 valence electrons. The van der Waals surface area contributed by atoms with Crippen molar-refractivity contribution in [2.24, 2.45) is 0 Å². The second kappa shape index (κ2) is 6.40. The first-order chi connectivity index (χ1) is 10.8. The molecule has 1 aromatic carbocycles. The molecule has 2 rings (SSSR count). The summed E-state index contributed by atoms with van der Waals surface area (Å²) >= 11 is 0. The van der Waals surface area contributed by atoms with Gasteiger partial charge >= 0.3 is 6.18 Å². The van der Waals surface area contributed by atoms with E-state index >= 15 is 0 Å². The fourth-order valence-electron chi connectivity index (χ4n) is 1.79. The summed E-state index contributed by atoms with van der Waals surface area (Å²) in [5, 5.41) is 11.3. The average molecular weight is 320 g/mol. The molecule has 1 heterocycles. The van der Waals surface area contributed by atoms with Crippen molar-refractivity contribution >= 4 is 17.7 Å². The zero-order valence-corrected chi connectivity index (χ0v) is 11.9. The predicted molar refractivity (Wildman–Crippen MR) is 77.1 cm³/mol. The van der Waals surface area contributed by atoms with Crippen LogP contribution in [0.2, 0.25) is 0 Å². The number of carbonyl (C=O) groups excluding carboxylic acids is 1. The number of furan rings is 1. The van der Waals surface area contributed by atoms with Crippen LogP contribution in [0, 0.1) is 18.3 Å². The third-order valence-electron chi connectivity index (χ3n) is 2.86. The number of hydrogen-bond donors (Lipinski definition) is 1. The van der Waals surface area contributed by atoms with E-state index in [9.17, 15) is 18.0 Å². The van der Waals surface area contributed by atoms with E-state index in [0.29, 0.717) is 11.5 Å². The van der Waals surface area contributed by atoms with Crippen LogP contribution in [0.15, 0.2) is 46.4 Å². The molecule has 1 N–H and O–H groups in total. The molecule has 7 heteroatoms. The number of anilines is 1. The molecule has 0 unspecified atom stereocenters. The minimum absolute atomic E-state index is 0.0541. The maximum atomic E-state index is 12.6. The van der Waals surface area contributed by atoms with Crippen molar-refractivity contribution in [2.45, 2.75) is 13.1 Å². The summed E-state index contributed by atoms with van der Waals surface area (Å²) in [4.78, 5) is 12.0. The van der Waals surface area contributed by atoms with Gasteiger partial charge in [-0.1, -0.05) is 6.07 Å². The van der Waals surface area contributed by atoms with Gasteiger partial charge in [-0.3, -0.25) is 4.79 Å². The molecule has 0 radical (unpaired) electrons. The van der Waals surface area contributed by atoms with Crippen molar-refractivity contribution in [1.82, 2.24) is 0 Å². The van der Waals surface area contributed by atoms with Crippen molar-refractivity contribution in [3.05, 3.63) is 59.1 Å². The molecule has 1 aromatic heterocycles. The van der Waals surface area contributed by atoms with Gasteiger partial charge in [0.2, 0.25) is 0 Å². The SMILES string of the molecule is Cc1ccc(C=C(C#N)C(=O)Nc2cccc(C(F)(F)F)c2)o1. The molecule has 4 nitrogen and oxygen atoms in total. The number of nitriles is 1. The molecular formula is C16H11F3N2O2. The number of amides is 1. The molecule has 0 saturated heterocycles. The first kappa shape index (κ1) is 16.4. The molecule has 0 aliphatic heterocycles. The Labute approximate surface area is 129 Å². The lowest BCUT2D eigenvalue weighted by Gasteiger charge is -2.09. The van der Waals surface area contributed by atoms with E-state index in [-0.39, 0.29) is 11.3 Å². The van der Waals surface area contributed by atoms with Gasteiger partial charge in [0.15, 0.2) is 0 Å². The predicted octanol–water partition coefficient (Wildman–Crippen LogP) is 4.15. The maximum absolute atomic E-state index is 12.6. The van der Waals surface area contributed by atoms with Crippen molar-refractivity contribution in [2.75, 3.05) is 5.32 Å². The summed E-state index contributed by atoms with van der Waals surface area (Å²) in [6, 6.07) is 9.09. The number of carbonyl (C=O) groups is 1. The highest BCUT2D eigenvalue weighted by Gasteiger charge is 2.30. The third kappa shape index (κ3) is 4.23. The molecule has 23 heavy (non-hydrogen) atoms. The summed E-state index contributed by atoms with van der Waals surface area (Å²) in [5.41, 5.74) is -1.22. The van der Waals surface area contributed by atoms with Gasteiger partial charge in [-0.25, -0.2) is 0 Å². The number of hydrogen-bond acceptors (Lipinski definition) is 3. The number of benzene rings is 1. The highest BCUT2D eigenvalue weighted by Crippen LogP contribution is 2.30. The van der Waals surface area contributed by atoms with Crippen LogP contribution in [0.1, 0.15) is 17.1 Å². The molecule has 0 fully saturated rings. The van der Waals surface area contributed by atoms with Crippen LogP contribution in [0.5, 0.6) is 0 Å². The summed E-state index contributed by atoms with van der Waals surface area (Å²) in [5.74, 6) is 0.0888. The maximum Gasteiger partial charge on any atom is 0.416 e. The lowest BCUT2D eigenvalue weighted by molar-refractivity contribution is -0.137.